The Morgan fingerprint density at radius 3 is 1.11 bits per heavy atom. The topological polar surface area (TPSA) is 34.1 Å². The first-order chi connectivity index (χ1) is 13.4. The second-order valence-corrected chi connectivity index (χ2v) is 9.86. The first kappa shape index (κ1) is 30.2. The predicted octanol–water partition coefficient (Wildman–Crippen LogP) is 8.12. The lowest BCUT2D eigenvalue weighted by Gasteiger charge is -2.09. The van der Waals surface area contributed by atoms with E-state index in [2.05, 4.69) is 13.8 Å². The van der Waals surface area contributed by atoms with Crippen LogP contribution < -0.4 is 0 Å². The molecule has 2 atom stereocenters. The molecule has 168 valence electrons. The van der Waals surface area contributed by atoms with Crippen molar-refractivity contribution in [1.82, 2.24) is 0 Å². The van der Waals surface area contributed by atoms with Gasteiger partial charge in [-0.2, -0.15) is 23.5 Å². The van der Waals surface area contributed by atoms with Crippen LogP contribution >= 0.6 is 23.5 Å². The summed E-state index contributed by atoms with van der Waals surface area (Å²) in [7, 11) is 0. The van der Waals surface area contributed by atoms with Crippen LogP contribution in [0.4, 0.5) is 0 Å². The third kappa shape index (κ3) is 20.8. The standard InChI is InChI=1S/2C12H24OS/c2*1-4-5-6-7-8-9-10-12(14-3)11(2)13/h2*12H,4-10H2,1-3H3. The molecule has 0 aliphatic carbocycles. The van der Waals surface area contributed by atoms with Crippen LogP contribution in [0.3, 0.4) is 0 Å². The van der Waals surface area contributed by atoms with Crippen molar-refractivity contribution in [3.05, 3.63) is 0 Å². The minimum Gasteiger partial charge on any atom is -0.299 e. The SMILES string of the molecule is CCCCCCCCC(SC)C(C)=O.CCCCCCCCC(SC)C(C)=O. The maximum Gasteiger partial charge on any atom is 0.142 e. The summed E-state index contributed by atoms with van der Waals surface area (Å²) in [5.41, 5.74) is 0. The van der Waals surface area contributed by atoms with Crippen molar-refractivity contribution < 1.29 is 9.59 Å². The molecule has 0 spiro atoms. The summed E-state index contributed by atoms with van der Waals surface area (Å²) < 4.78 is 0. The van der Waals surface area contributed by atoms with E-state index in [0.29, 0.717) is 11.6 Å². The number of Topliss-reactive ketones (excluding diaryl/α,β-unsaturated/α-hetero) is 2. The van der Waals surface area contributed by atoms with Crippen molar-refractivity contribution in [3.8, 4) is 0 Å². The lowest BCUT2D eigenvalue weighted by molar-refractivity contribution is -0.117. The molecule has 0 aromatic heterocycles. The van der Waals surface area contributed by atoms with Gasteiger partial charge in [0.25, 0.3) is 0 Å². The summed E-state index contributed by atoms with van der Waals surface area (Å²) in [5.74, 6) is 0.678. The number of rotatable bonds is 18. The Balaban J connectivity index is 0. The molecule has 0 radical (unpaired) electrons. The molecule has 0 rings (SSSR count). The van der Waals surface area contributed by atoms with E-state index in [0.717, 1.165) is 12.8 Å². The zero-order valence-electron chi connectivity index (χ0n) is 19.7. The summed E-state index contributed by atoms with van der Waals surface area (Å²) in [4.78, 5) is 22.2. The van der Waals surface area contributed by atoms with Gasteiger partial charge < -0.3 is 0 Å². The average molecular weight is 433 g/mol. The molecule has 0 aromatic rings. The van der Waals surface area contributed by atoms with Gasteiger partial charge in [-0.1, -0.05) is 90.9 Å². The summed E-state index contributed by atoms with van der Waals surface area (Å²) in [6.07, 6.45) is 22.0. The van der Waals surface area contributed by atoms with Gasteiger partial charge in [0.2, 0.25) is 0 Å². The average Bonchev–Trinajstić information content (AvgIpc) is 2.67. The summed E-state index contributed by atoms with van der Waals surface area (Å²) in [5, 5.41) is 0.502. The van der Waals surface area contributed by atoms with Crippen LogP contribution in [-0.2, 0) is 9.59 Å². The zero-order valence-corrected chi connectivity index (χ0v) is 21.3. The maximum atomic E-state index is 11.1. The van der Waals surface area contributed by atoms with Crippen molar-refractivity contribution in [3.63, 3.8) is 0 Å². The van der Waals surface area contributed by atoms with Crippen molar-refractivity contribution in [1.29, 1.82) is 0 Å². The number of hydrogen-bond acceptors (Lipinski definition) is 4. The molecule has 0 aliphatic rings. The molecule has 0 aromatic carbocycles. The van der Waals surface area contributed by atoms with Gasteiger partial charge in [-0.05, 0) is 39.2 Å². The van der Waals surface area contributed by atoms with Gasteiger partial charge in [0, 0.05) is 0 Å². The maximum absolute atomic E-state index is 11.1. The molecule has 0 amide bonds. The second kappa shape index (κ2) is 23.3. The van der Waals surface area contributed by atoms with Gasteiger partial charge in [-0.15, -0.1) is 0 Å². The van der Waals surface area contributed by atoms with E-state index in [1.807, 2.05) is 12.5 Å². The van der Waals surface area contributed by atoms with Crippen molar-refractivity contribution in [2.24, 2.45) is 0 Å². The van der Waals surface area contributed by atoms with E-state index in [1.54, 1.807) is 37.4 Å². The molecule has 0 heterocycles. The Morgan fingerprint density at radius 2 is 0.857 bits per heavy atom. The molecular formula is C24H48O2S2. The summed E-state index contributed by atoms with van der Waals surface area (Å²) >= 11 is 3.39. The number of hydrogen-bond donors (Lipinski definition) is 0. The number of carbonyl (C=O) groups is 2. The lowest BCUT2D eigenvalue weighted by atomic mass is 10.1. The Labute approximate surface area is 185 Å². The van der Waals surface area contributed by atoms with E-state index < -0.39 is 0 Å². The molecule has 0 N–H and O–H groups in total. The first-order valence-electron chi connectivity index (χ1n) is 11.5. The molecule has 2 unspecified atom stereocenters. The highest BCUT2D eigenvalue weighted by Crippen LogP contribution is 2.18. The zero-order chi connectivity index (χ0) is 21.6. The second-order valence-electron chi connectivity index (χ2n) is 7.78. The van der Waals surface area contributed by atoms with Crippen molar-refractivity contribution >= 4 is 35.1 Å². The fourth-order valence-corrected chi connectivity index (χ4v) is 4.66. The van der Waals surface area contributed by atoms with Gasteiger partial charge in [0.05, 0.1) is 10.5 Å². The summed E-state index contributed by atoms with van der Waals surface area (Å²) in [6.45, 7) is 7.88. The van der Waals surface area contributed by atoms with E-state index in [9.17, 15) is 9.59 Å². The highest BCUT2D eigenvalue weighted by Gasteiger charge is 2.11. The monoisotopic (exact) mass is 432 g/mol. The van der Waals surface area contributed by atoms with Crippen molar-refractivity contribution in [2.75, 3.05) is 12.5 Å². The first-order valence-corrected chi connectivity index (χ1v) is 14.1. The van der Waals surface area contributed by atoms with Gasteiger partial charge in [0.1, 0.15) is 11.6 Å². The number of thioether (sulfide) groups is 2. The van der Waals surface area contributed by atoms with Gasteiger partial charge >= 0.3 is 0 Å². The number of unbranched alkanes of at least 4 members (excludes halogenated alkanes) is 10. The van der Waals surface area contributed by atoms with Crippen LogP contribution in [0.2, 0.25) is 0 Å². The van der Waals surface area contributed by atoms with Crippen LogP contribution in [0.25, 0.3) is 0 Å². The van der Waals surface area contributed by atoms with Crippen molar-refractivity contribution in [2.45, 2.75) is 128 Å². The van der Waals surface area contributed by atoms with E-state index in [4.69, 9.17) is 0 Å². The molecule has 0 bridgehead atoms. The fraction of sp³-hybridized carbons (Fsp3) is 0.917. The Morgan fingerprint density at radius 1 is 0.571 bits per heavy atom. The van der Waals surface area contributed by atoms with Gasteiger partial charge in [-0.25, -0.2) is 0 Å². The molecule has 28 heavy (non-hydrogen) atoms. The van der Waals surface area contributed by atoms with Crippen LogP contribution in [-0.4, -0.2) is 34.6 Å². The minimum atomic E-state index is 0.251. The molecule has 0 aliphatic heterocycles. The van der Waals surface area contributed by atoms with E-state index >= 15 is 0 Å². The number of carbonyl (C=O) groups excluding carboxylic acids is 2. The molecule has 0 saturated heterocycles. The highest BCUT2D eigenvalue weighted by atomic mass is 32.2. The van der Waals surface area contributed by atoms with Gasteiger partial charge in [-0.3, -0.25) is 9.59 Å². The van der Waals surface area contributed by atoms with E-state index in [-0.39, 0.29) is 10.5 Å². The number of ketones is 2. The van der Waals surface area contributed by atoms with Crippen LogP contribution in [0.1, 0.15) is 118 Å². The predicted molar refractivity (Wildman–Crippen MR) is 132 cm³/mol. The smallest absolute Gasteiger partial charge is 0.142 e. The minimum absolute atomic E-state index is 0.251. The fourth-order valence-electron chi connectivity index (χ4n) is 3.19. The molecule has 2 nitrogen and oxygen atoms in total. The Kier molecular flexibility index (Phi) is 25.2. The molecule has 0 fully saturated rings. The molecule has 4 heteroatoms. The quantitative estimate of drug-likeness (QED) is 0.205. The normalized spacial score (nSPS) is 12.8. The molecular weight excluding hydrogens is 384 g/mol. The lowest BCUT2D eigenvalue weighted by Crippen LogP contribution is -2.12. The highest BCUT2D eigenvalue weighted by molar-refractivity contribution is 8.00. The van der Waals surface area contributed by atoms with Crippen LogP contribution in [0.15, 0.2) is 0 Å². The van der Waals surface area contributed by atoms with Crippen LogP contribution in [0.5, 0.6) is 0 Å². The van der Waals surface area contributed by atoms with E-state index in [1.165, 1.54) is 77.0 Å². The Bertz CT molecular complexity index is 325. The summed E-state index contributed by atoms with van der Waals surface area (Å²) in [6, 6.07) is 0. The third-order valence-electron chi connectivity index (χ3n) is 5.12. The van der Waals surface area contributed by atoms with Crippen LogP contribution in [0, 0.1) is 0 Å². The largest absolute Gasteiger partial charge is 0.299 e. The third-order valence-corrected chi connectivity index (χ3v) is 7.39. The molecule has 0 saturated carbocycles. The van der Waals surface area contributed by atoms with Gasteiger partial charge in [0.15, 0.2) is 0 Å². The Hall–Kier alpha value is 0.0400.